The third-order valence-corrected chi connectivity index (χ3v) is 4.18. The largest absolute Gasteiger partial charge is 0.308 e. The van der Waals surface area contributed by atoms with Crippen molar-refractivity contribution in [2.24, 2.45) is 5.92 Å². The highest BCUT2D eigenvalue weighted by atomic mass is 15.2. The van der Waals surface area contributed by atoms with E-state index in [2.05, 4.69) is 83.2 Å². The monoisotopic (exact) mass is 276 g/mol. The van der Waals surface area contributed by atoms with Gasteiger partial charge in [-0.3, -0.25) is 0 Å². The van der Waals surface area contributed by atoms with Gasteiger partial charge in [-0.05, 0) is 58.3 Å². The lowest BCUT2D eigenvalue weighted by Crippen LogP contribution is -2.47. The van der Waals surface area contributed by atoms with E-state index in [0.29, 0.717) is 6.04 Å². The van der Waals surface area contributed by atoms with Crippen LogP contribution < -0.4 is 5.32 Å². The number of nitrogens with zero attached hydrogens (tertiary/aromatic N) is 1. The van der Waals surface area contributed by atoms with Crippen molar-refractivity contribution in [3.8, 4) is 0 Å². The van der Waals surface area contributed by atoms with Gasteiger partial charge in [0.05, 0.1) is 0 Å². The van der Waals surface area contributed by atoms with Crippen LogP contribution in [0.4, 0.5) is 0 Å². The van der Waals surface area contributed by atoms with Gasteiger partial charge in [0.2, 0.25) is 0 Å². The average Bonchev–Trinajstić information content (AvgIpc) is 2.36. The Hall–Kier alpha value is -0.860. The van der Waals surface area contributed by atoms with E-state index in [-0.39, 0.29) is 5.54 Å². The number of likely N-dealkylation sites (N-methyl/N-ethyl adjacent to an activating group) is 1. The van der Waals surface area contributed by atoms with Crippen LogP contribution in [0, 0.1) is 5.92 Å². The number of benzene rings is 1. The van der Waals surface area contributed by atoms with Crippen LogP contribution in [0.3, 0.4) is 0 Å². The average molecular weight is 276 g/mol. The third-order valence-electron chi connectivity index (χ3n) is 4.18. The smallest absolute Gasteiger partial charge is 0.0292 e. The van der Waals surface area contributed by atoms with E-state index in [1.807, 2.05) is 0 Å². The van der Waals surface area contributed by atoms with Crippen molar-refractivity contribution < 1.29 is 0 Å². The van der Waals surface area contributed by atoms with Gasteiger partial charge in [0.25, 0.3) is 0 Å². The van der Waals surface area contributed by atoms with E-state index in [1.165, 1.54) is 11.1 Å². The first-order valence-corrected chi connectivity index (χ1v) is 7.72. The molecule has 0 aliphatic heterocycles. The minimum Gasteiger partial charge on any atom is -0.308 e. The molecule has 2 nitrogen and oxygen atoms in total. The fourth-order valence-electron chi connectivity index (χ4n) is 2.09. The molecule has 1 atom stereocenters. The molecule has 0 saturated heterocycles. The molecule has 0 bridgehead atoms. The Labute approximate surface area is 125 Å². The van der Waals surface area contributed by atoms with Gasteiger partial charge >= 0.3 is 0 Å². The Morgan fingerprint density at radius 1 is 1.05 bits per heavy atom. The molecular formula is C18H32N2. The van der Waals surface area contributed by atoms with Crippen molar-refractivity contribution in [2.45, 2.75) is 52.6 Å². The standard InChI is InChI=1S/C18H32N2/c1-14(2)12-16-8-10-17(11-9-16)15(3)19-13-18(4,5)20(6)7/h8-11,14-15,19H,12-13H2,1-7H3. The highest BCUT2D eigenvalue weighted by Gasteiger charge is 2.20. The second kappa shape index (κ2) is 7.24. The lowest BCUT2D eigenvalue weighted by molar-refractivity contribution is 0.185. The molecular weight excluding hydrogens is 244 g/mol. The quantitative estimate of drug-likeness (QED) is 0.813. The summed E-state index contributed by atoms with van der Waals surface area (Å²) in [5.41, 5.74) is 2.97. The van der Waals surface area contributed by atoms with Crippen LogP contribution in [0.15, 0.2) is 24.3 Å². The van der Waals surface area contributed by atoms with E-state index >= 15 is 0 Å². The predicted octanol–water partition coefficient (Wildman–Crippen LogP) is 3.88. The van der Waals surface area contributed by atoms with Crippen molar-refractivity contribution in [1.82, 2.24) is 10.2 Å². The summed E-state index contributed by atoms with van der Waals surface area (Å²) in [5.74, 6) is 0.720. The fourth-order valence-corrected chi connectivity index (χ4v) is 2.09. The Morgan fingerprint density at radius 2 is 1.60 bits per heavy atom. The zero-order chi connectivity index (χ0) is 15.3. The van der Waals surface area contributed by atoms with Crippen molar-refractivity contribution >= 4 is 0 Å². The molecule has 1 unspecified atom stereocenters. The molecule has 0 spiro atoms. The molecule has 1 N–H and O–H groups in total. The SMILES string of the molecule is CC(C)Cc1ccc(C(C)NCC(C)(C)N(C)C)cc1. The zero-order valence-electron chi connectivity index (χ0n) is 14.3. The number of nitrogens with one attached hydrogen (secondary N) is 1. The van der Waals surface area contributed by atoms with Gasteiger partial charge in [-0.1, -0.05) is 38.1 Å². The van der Waals surface area contributed by atoms with E-state index in [0.717, 1.165) is 18.9 Å². The van der Waals surface area contributed by atoms with E-state index in [4.69, 9.17) is 0 Å². The molecule has 0 aromatic heterocycles. The van der Waals surface area contributed by atoms with Crippen LogP contribution in [0.1, 0.15) is 51.8 Å². The molecule has 0 aliphatic carbocycles. The van der Waals surface area contributed by atoms with Crippen molar-refractivity contribution in [3.63, 3.8) is 0 Å². The number of hydrogen-bond acceptors (Lipinski definition) is 2. The van der Waals surface area contributed by atoms with Crippen LogP contribution in [-0.4, -0.2) is 31.1 Å². The van der Waals surface area contributed by atoms with Gasteiger partial charge in [-0.15, -0.1) is 0 Å². The van der Waals surface area contributed by atoms with Crippen LogP contribution in [0.2, 0.25) is 0 Å². The first kappa shape index (κ1) is 17.2. The maximum absolute atomic E-state index is 3.64. The Morgan fingerprint density at radius 3 is 2.05 bits per heavy atom. The van der Waals surface area contributed by atoms with Crippen molar-refractivity contribution in [3.05, 3.63) is 35.4 Å². The van der Waals surface area contributed by atoms with Crippen molar-refractivity contribution in [2.75, 3.05) is 20.6 Å². The summed E-state index contributed by atoms with van der Waals surface area (Å²) in [6.07, 6.45) is 1.16. The van der Waals surface area contributed by atoms with Gasteiger partial charge in [0, 0.05) is 18.1 Å². The van der Waals surface area contributed by atoms with Gasteiger partial charge < -0.3 is 10.2 Å². The van der Waals surface area contributed by atoms with Crippen LogP contribution in [0.25, 0.3) is 0 Å². The predicted molar refractivity (Wildman–Crippen MR) is 89.2 cm³/mol. The molecule has 1 aromatic carbocycles. The summed E-state index contributed by atoms with van der Waals surface area (Å²) >= 11 is 0. The minimum absolute atomic E-state index is 0.172. The molecule has 0 heterocycles. The van der Waals surface area contributed by atoms with E-state index in [1.54, 1.807) is 0 Å². The van der Waals surface area contributed by atoms with Gasteiger partial charge in [-0.2, -0.15) is 0 Å². The summed E-state index contributed by atoms with van der Waals surface area (Å²) in [4.78, 5) is 2.26. The molecule has 2 heteroatoms. The first-order chi connectivity index (χ1) is 9.22. The summed E-state index contributed by atoms with van der Waals surface area (Å²) < 4.78 is 0. The normalized spacial score (nSPS) is 14.1. The molecule has 0 aliphatic rings. The summed E-state index contributed by atoms with van der Waals surface area (Å²) in [5, 5.41) is 3.64. The van der Waals surface area contributed by atoms with Gasteiger partial charge in [0.15, 0.2) is 0 Å². The zero-order valence-corrected chi connectivity index (χ0v) is 14.3. The number of rotatable bonds is 7. The Balaban J connectivity index is 2.57. The number of hydrogen-bond donors (Lipinski definition) is 1. The molecule has 1 aromatic rings. The Kier molecular flexibility index (Phi) is 6.22. The maximum atomic E-state index is 3.64. The van der Waals surface area contributed by atoms with E-state index in [9.17, 15) is 0 Å². The molecule has 1 rings (SSSR count). The van der Waals surface area contributed by atoms with Gasteiger partial charge in [-0.25, -0.2) is 0 Å². The second-order valence-electron chi connectivity index (χ2n) is 7.15. The lowest BCUT2D eigenvalue weighted by atomic mass is 9.99. The molecule has 20 heavy (non-hydrogen) atoms. The minimum atomic E-state index is 0.172. The van der Waals surface area contributed by atoms with Gasteiger partial charge in [0.1, 0.15) is 0 Å². The van der Waals surface area contributed by atoms with Crippen LogP contribution in [0.5, 0.6) is 0 Å². The molecule has 0 amide bonds. The molecule has 114 valence electrons. The van der Waals surface area contributed by atoms with Crippen molar-refractivity contribution in [1.29, 1.82) is 0 Å². The maximum Gasteiger partial charge on any atom is 0.0292 e. The summed E-state index contributed by atoms with van der Waals surface area (Å²) in [7, 11) is 4.26. The second-order valence-corrected chi connectivity index (χ2v) is 7.15. The summed E-state index contributed by atoms with van der Waals surface area (Å²) in [6, 6.07) is 9.45. The van der Waals surface area contributed by atoms with Crippen LogP contribution in [-0.2, 0) is 6.42 Å². The lowest BCUT2D eigenvalue weighted by Gasteiger charge is -2.34. The highest BCUT2D eigenvalue weighted by molar-refractivity contribution is 5.25. The summed E-state index contributed by atoms with van der Waals surface area (Å²) in [6.45, 7) is 12.3. The van der Waals surface area contributed by atoms with E-state index < -0.39 is 0 Å². The molecule has 0 fully saturated rings. The Bertz CT molecular complexity index is 390. The van der Waals surface area contributed by atoms with Crippen LogP contribution >= 0.6 is 0 Å². The molecule has 0 saturated carbocycles. The third kappa shape index (κ3) is 5.26. The molecule has 0 radical (unpaired) electrons. The first-order valence-electron chi connectivity index (χ1n) is 7.72. The fraction of sp³-hybridized carbons (Fsp3) is 0.667. The highest BCUT2D eigenvalue weighted by Crippen LogP contribution is 2.17. The topological polar surface area (TPSA) is 15.3 Å².